The van der Waals surface area contributed by atoms with E-state index < -0.39 is 5.97 Å². The molecule has 3 aromatic rings. The van der Waals surface area contributed by atoms with Gasteiger partial charge in [0, 0.05) is 13.0 Å². The highest BCUT2D eigenvalue weighted by atomic mass is 16.5. The van der Waals surface area contributed by atoms with Crippen LogP contribution < -0.4 is 4.90 Å². The zero-order valence-corrected chi connectivity index (χ0v) is 13.5. The van der Waals surface area contributed by atoms with E-state index in [1.165, 1.54) is 0 Å². The first-order valence-electron chi connectivity index (χ1n) is 8.13. The van der Waals surface area contributed by atoms with Crippen LogP contribution in [0.3, 0.4) is 0 Å². The maximum absolute atomic E-state index is 12.5. The molecule has 0 bridgehead atoms. The highest BCUT2D eigenvalue weighted by molar-refractivity contribution is 6.03. The summed E-state index contributed by atoms with van der Waals surface area (Å²) in [6.07, 6.45) is 1.30. The van der Waals surface area contributed by atoms with E-state index in [9.17, 15) is 9.59 Å². The lowest BCUT2D eigenvalue weighted by atomic mass is 10.1. The number of esters is 1. The fourth-order valence-electron chi connectivity index (χ4n) is 2.97. The summed E-state index contributed by atoms with van der Waals surface area (Å²) in [6.45, 7) is 0.560. The number of hydrogen-bond acceptors (Lipinski definition) is 5. The van der Waals surface area contributed by atoms with Crippen LogP contribution in [0.15, 0.2) is 52.9 Å². The Hall–Kier alpha value is -3.15. The van der Waals surface area contributed by atoms with Crippen molar-refractivity contribution in [2.24, 2.45) is 0 Å². The summed E-state index contributed by atoms with van der Waals surface area (Å²) in [6, 6.07) is 14.3. The predicted molar refractivity (Wildman–Crippen MR) is 91.2 cm³/mol. The van der Waals surface area contributed by atoms with Crippen LogP contribution in [-0.4, -0.2) is 23.4 Å². The summed E-state index contributed by atoms with van der Waals surface area (Å²) in [7, 11) is 0. The summed E-state index contributed by atoms with van der Waals surface area (Å²) in [5.41, 5.74) is 2.33. The third kappa shape index (κ3) is 2.98. The minimum Gasteiger partial charge on any atom is -0.452 e. The van der Waals surface area contributed by atoms with Crippen molar-refractivity contribution in [3.63, 3.8) is 0 Å². The number of carbonyl (C=O) groups excluding carboxylic acids is 2. The van der Waals surface area contributed by atoms with Gasteiger partial charge < -0.3 is 14.1 Å². The first kappa shape index (κ1) is 15.4. The van der Waals surface area contributed by atoms with Gasteiger partial charge in [-0.1, -0.05) is 24.3 Å². The van der Waals surface area contributed by atoms with Gasteiger partial charge in [0.25, 0.3) is 0 Å². The molecule has 0 atom stereocenters. The molecular formula is C19H16N2O4. The van der Waals surface area contributed by atoms with Crippen LogP contribution in [0.4, 0.5) is 5.69 Å². The molecule has 1 aromatic heterocycles. The van der Waals surface area contributed by atoms with Gasteiger partial charge in [0.15, 0.2) is 12.2 Å². The number of anilines is 1. The number of hydrogen-bond donors (Lipinski definition) is 0. The maximum Gasteiger partial charge on any atom is 0.340 e. The normalized spacial score (nSPS) is 14.2. The molecule has 126 valence electrons. The van der Waals surface area contributed by atoms with Crippen molar-refractivity contribution >= 4 is 28.7 Å². The monoisotopic (exact) mass is 336 g/mol. The molecule has 4 rings (SSSR count). The summed E-state index contributed by atoms with van der Waals surface area (Å²) < 4.78 is 10.9. The summed E-state index contributed by atoms with van der Waals surface area (Å²) in [5, 5.41) is 0. The Bertz CT molecular complexity index is 914. The number of carbonyl (C=O) groups is 2. The van der Waals surface area contributed by atoms with E-state index in [1.807, 2.05) is 24.3 Å². The van der Waals surface area contributed by atoms with Crippen LogP contribution in [0, 0.1) is 0 Å². The van der Waals surface area contributed by atoms with Gasteiger partial charge in [-0.05, 0) is 30.7 Å². The second kappa shape index (κ2) is 6.39. The highest BCUT2D eigenvalue weighted by Gasteiger charge is 2.26. The Morgan fingerprint density at radius 1 is 1.16 bits per heavy atom. The second-order valence-electron chi connectivity index (χ2n) is 5.82. The molecule has 0 unspecified atom stereocenters. The average Bonchev–Trinajstić information content (AvgIpc) is 3.25. The molecule has 1 aliphatic rings. The minimum absolute atomic E-state index is 0.0270. The number of nitrogens with zero attached hydrogens (tertiary/aromatic N) is 2. The molecule has 0 saturated carbocycles. The fourth-order valence-corrected chi connectivity index (χ4v) is 2.97. The molecule has 2 heterocycles. The number of aromatic nitrogens is 1. The van der Waals surface area contributed by atoms with Gasteiger partial charge in [0.05, 0.1) is 11.3 Å². The van der Waals surface area contributed by atoms with E-state index in [-0.39, 0.29) is 12.5 Å². The molecule has 0 spiro atoms. The fraction of sp³-hybridized carbons (Fsp3) is 0.211. The van der Waals surface area contributed by atoms with Crippen molar-refractivity contribution in [2.45, 2.75) is 19.4 Å². The van der Waals surface area contributed by atoms with Gasteiger partial charge in [-0.15, -0.1) is 0 Å². The van der Waals surface area contributed by atoms with Crippen molar-refractivity contribution in [3.8, 4) is 0 Å². The second-order valence-corrected chi connectivity index (χ2v) is 5.82. The lowest BCUT2D eigenvalue weighted by Gasteiger charge is -2.18. The molecule has 6 heteroatoms. The summed E-state index contributed by atoms with van der Waals surface area (Å²) in [5.74, 6) is -0.138. The van der Waals surface area contributed by atoms with Crippen LogP contribution in [0.2, 0.25) is 0 Å². The molecule has 2 aromatic carbocycles. The van der Waals surface area contributed by atoms with Crippen molar-refractivity contribution in [1.29, 1.82) is 0 Å². The topological polar surface area (TPSA) is 72.6 Å². The number of rotatable bonds is 4. The van der Waals surface area contributed by atoms with Gasteiger partial charge >= 0.3 is 5.97 Å². The number of fused-ring (bicyclic) bond motifs is 1. The van der Waals surface area contributed by atoms with Crippen molar-refractivity contribution in [1.82, 2.24) is 4.98 Å². The predicted octanol–water partition coefficient (Wildman–Crippen LogP) is 3.31. The molecule has 0 aliphatic carbocycles. The van der Waals surface area contributed by atoms with Crippen molar-refractivity contribution in [2.75, 3.05) is 11.4 Å². The largest absolute Gasteiger partial charge is 0.452 e. The van der Waals surface area contributed by atoms with Gasteiger partial charge in [0.2, 0.25) is 11.8 Å². The summed E-state index contributed by atoms with van der Waals surface area (Å²) in [4.78, 5) is 30.4. The third-order valence-corrected chi connectivity index (χ3v) is 4.15. The van der Waals surface area contributed by atoms with Gasteiger partial charge in [-0.3, -0.25) is 4.79 Å². The van der Waals surface area contributed by atoms with Crippen LogP contribution >= 0.6 is 0 Å². The van der Waals surface area contributed by atoms with Crippen molar-refractivity contribution < 1.29 is 18.7 Å². The summed E-state index contributed by atoms with van der Waals surface area (Å²) >= 11 is 0. The Morgan fingerprint density at radius 2 is 1.96 bits per heavy atom. The van der Waals surface area contributed by atoms with Crippen LogP contribution in [0.1, 0.15) is 29.1 Å². The van der Waals surface area contributed by atoms with E-state index in [1.54, 1.807) is 29.2 Å². The SMILES string of the molecule is O=C(OCc1nc2ccccc2o1)c1ccccc1N1CCCC1=O. The van der Waals surface area contributed by atoms with E-state index in [2.05, 4.69) is 4.98 Å². The van der Waals surface area contributed by atoms with Crippen LogP contribution in [0.25, 0.3) is 11.1 Å². The number of ether oxygens (including phenoxy) is 1. The molecule has 1 aliphatic heterocycles. The van der Waals surface area contributed by atoms with Crippen LogP contribution in [-0.2, 0) is 16.1 Å². The quantitative estimate of drug-likeness (QED) is 0.684. The third-order valence-electron chi connectivity index (χ3n) is 4.15. The molecule has 1 fully saturated rings. The Morgan fingerprint density at radius 3 is 2.76 bits per heavy atom. The van der Waals surface area contributed by atoms with Gasteiger partial charge in [0.1, 0.15) is 5.52 Å². The highest BCUT2D eigenvalue weighted by Crippen LogP contribution is 2.26. The first-order valence-corrected chi connectivity index (χ1v) is 8.13. The smallest absolute Gasteiger partial charge is 0.340 e. The molecule has 1 amide bonds. The Balaban J connectivity index is 1.52. The van der Waals surface area contributed by atoms with Gasteiger partial charge in [-0.2, -0.15) is 0 Å². The number of oxazole rings is 1. The first-order chi connectivity index (χ1) is 12.2. The number of para-hydroxylation sites is 3. The lowest BCUT2D eigenvalue weighted by Crippen LogP contribution is -2.26. The van der Waals surface area contributed by atoms with E-state index in [0.29, 0.717) is 35.7 Å². The minimum atomic E-state index is -0.502. The Kier molecular flexibility index (Phi) is 3.93. The van der Waals surface area contributed by atoms with E-state index >= 15 is 0 Å². The molecule has 25 heavy (non-hydrogen) atoms. The van der Waals surface area contributed by atoms with Crippen LogP contribution in [0.5, 0.6) is 0 Å². The zero-order chi connectivity index (χ0) is 17.2. The van der Waals surface area contributed by atoms with Crippen molar-refractivity contribution in [3.05, 3.63) is 60.0 Å². The molecule has 6 nitrogen and oxygen atoms in total. The van der Waals surface area contributed by atoms with E-state index in [0.717, 1.165) is 11.9 Å². The maximum atomic E-state index is 12.5. The van der Waals surface area contributed by atoms with E-state index in [4.69, 9.17) is 9.15 Å². The molecule has 0 radical (unpaired) electrons. The Labute approximate surface area is 144 Å². The molecule has 1 saturated heterocycles. The molecule has 0 N–H and O–H groups in total. The standard InChI is InChI=1S/C19H16N2O4/c22-18-10-5-11-21(18)15-8-3-1-6-13(15)19(23)24-12-17-20-14-7-2-4-9-16(14)25-17/h1-4,6-9H,5,10-12H2. The zero-order valence-electron chi connectivity index (χ0n) is 13.5. The lowest BCUT2D eigenvalue weighted by molar-refractivity contribution is -0.117. The van der Waals surface area contributed by atoms with Gasteiger partial charge in [-0.25, -0.2) is 9.78 Å². The number of benzene rings is 2. The number of amides is 1. The molecular weight excluding hydrogens is 320 g/mol. The average molecular weight is 336 g/mol.